The summed E-state index contributed by atoms with van der Waals surface area (Å²) in [6, 6.07) is 7.41. The largest absolute Gasteiger partial charge is 0.298 e. The number of aldehydes is 1. The van der Waals surface area contributed by atoms with Crippen LogP contribution >= 0.6 is 11.6 Å². The first kappa shape index (κ1) is 9.01. The maximum Gasteiger partial charge on any atom is 0.145 e. The van der Waals surface area contributed by atoms with Crippen LogP contribution in [0.2, 0.25) is 5.02 Å². The van der Waals surface area contributed by atoms with E-state index < -0.39 is 0 Å². The van der Waals surface area contributed by atoms with Gasteiger partial charge in [0.05, 0.1) is 0 Å². The van der Waals surface area contributed by atoms with Gasteiger partial charge < -0.3 is 0 Å². The highest BCUT2D eigenvalue weighted by Gasteiger charge is 1.94. The minimum atomic E-state index is 0.665. The standard InChI is InChI=1S/C10H9ClO/c1-8(7-12)6-9-4-2-3-5-10(9)11/h2-7H,1H3. The summed E-state index contributed by atoms with van der Waals surface area (Å²) in [7, 11) is 0. The van der Waals surface area contributed by atoms with Gasteiger partial charge in [-0.3, -0.25) is 4.79 Å². The Kier molecular flexibility index (Phi) is 3.06. The lowest BCUT2D eigenvalue weighted by atomic mass is 10.1. The van der Waals surface area contributed by atoms with Gasteiger partial charge in [-0.1, -0.05) is 29.8 Å². The van der Waals surface area contributed by atoms with Crippen molar-refractivity contribution in [2.75, 3.05) is 0 Å². The number of rotatable bonds is 2. The van der Waals surface area contributed by atoms with Crippen molar-refractivity contribution >= 4 is 24.0 Å². The first-order valence-electron chi connectivity index (χ1n) is 3.62. The van der Waals surface area contributed by atoms with Crippen LogP contribution in [0.5, 0.6) is 0 Å². The van der Waals surface area contributed by atoms with Crippen LogP contribution in [0.25, 0.3) is 6.08 Å². The third-order valence-corrected chi connectivity index (χ3v) is 1.82. The molecule has 0 heterocycles. The van der Waals surface area contributed by atoms with Crippen molar-refractivity contribution in [2.45, 2.75) is 6.92 Å². The van der Waals surface area contributed by atoms with Crippen molar-refractivity contribution in [1.29, 1.82) is 0 Å². The van der Waals surface area contributed by atoms with Crippen LogP contribution in [-0.4, -0.2) is 6.29 Å². The number of benzene rings is 1. The molecule has 0 saturated carbocycles. The summed E-state index contributed by atoms with van der Waals surface area (Å²) in [5.74, 6) is 0. The molecular weight excluding hydrogens is 172 g/mol. The minimum Gasteiger partial charge on any atom is -0.298 e. The summed E-state index contributed by atoms with van der Waals surface area (Å²) in [6.07, 6.45) is 2.57. The van der Waals surface area contributed by atoms with Crippen molar-refractivity contribution in [3.63, 3.8) is 0 Å². The highest BCUT2D eigenvalue weighted by molar-refractivity contribution is 6.32. The summed E-state index contributed by atoms with van der Waals surface area (Å²) < 4.78 is 0. The van der Waals surface area contributed by atoms with Crippen molar-refractivity contribution in [3.8, 4) is 0 Å². The molecule has 0 N–H and O–H groups in total. The molecule has 0 aliphatic rings. The molecule has 0 atom stereocenters. The van der Waals surface area contributed by atoms with Gasteiger partial charge in [0, 0.05) is 5.02 Å². The van der Waals surface area contributed by atoms with E-state index in [-0.39, 0.29) is 0 Å². The Morgan fingerprint density at radius 2 is 2.08 bits per heavy atom. The SMILES string of the molecule is CC(C=O)=Cc1ccccc1Cl. The molecule has 12 heavy (non-hydrogen) atoms. The van der Waals surface area contributed by atoms with E-state index in [2.05, 4.69) is 0 Å². The molecule has 2 heteroatoms. The van der Waals surface area contributed by atoms with Gasteiger partial charge in [0.2, 0.25) is 0 Å². The molecule has 1 rings (SSSR count). The minimum absolute atomic E-state index is 0.665. The number of hydrogen-bond donors (Lipinski definition) is 0. The first-order chi connectivity index (χ1) is 5.74. The Balaban J connectivity index is 3.04. The second-order valence-corrected chi connectivity index (χ2v) is 2.93. The Morgan fingerprint density at radius 1 is 1.42 bits per heavy atom. The van der Waals surface area contributed by atoms with E-state index in [0.29, 0.717) is 10.6 Å². The van der Waals surface area contributed by atoms with Crippen molar-refractivity contribution in [1.82, 2.24) is 0 Å². The summed E-state index contributed by atoms with van der Waals surface area (Å²) in [6.45, 7) is 1.75. The average Bonchev–Trinajstić information content (AvgIpc) is 2.09. The number of allylic oxidation sites excluding steroid dienone is 1. The zero-order valence-electron chi connectivity index (χ0n) is 6.75. The van der Waals surface area contributed by atoms with Crippen LogP contribution < -0.4 is 0 Å². The molecule has 1 aromatic rings. The highest BCUT2D eigenvalue weighted by atomic mass is 35.5. The zero-order valence-corrected chi connectivity index (χ0v) is 7.51. The Morgan fingerprint density at radius 3 is 2.67 bits per heavy atom. The molecule has 62 valence electrons. The number of halogens is 1. The van der Waals surface area contributed by atoms with Crippen LogP contribution in [0, 0.1) is 0 Å². The molecule has 0 aliphatic heterocycles. The highest BCUT2D eigenvalue weighted by Crippen LogP contribution is 2.17. The van der Waals surface area contributed by atoms with Gasteiger partial charge in [0.15, 0.2) is 0 Å². The van der Waals surface area contributed by atoms with E-state index in [1.807, 2.05) is 18.2 Å². The molecule has 1 nitrogen and oxygen atoms in total. The van der Waals surface area contributed by atoms with Gasteiger partial charge in [0.25, 0.3) is 0 Å². The smallest absolute Gasteiger partial charge is 0.145 e. The van der Waals surface area contributed by atoms with E-state index in [0.717, 1.165) is 11.8 Å². The molecule has 0 bridgehead atoms. The second kappa shape index (κ2) is 4.07. The van der Waals surface area contributed by atoms with Crippen molar-refractivity contribution < 1.29 is 4.79 Å². The van der Waals surface area contributed by atoms with Gasteiger partial charge in [-0.15, -0.1) is 0 Å². The quantitative estimate of drug-likeness (QED) is 0.505. The summed E-state index contributed by atoms with van der Waals surface area (Å²) in [5, 5.41) is 0.665. The van der Waals surface area contributed by atoms with Crippen LogP contribution in [0.3, 0.4) is 0 Å². The van der Waals surface area contributed by atoms with Gasteiger partial charge in [-0.05, 0) is 30.2 Å². The normalized spacial score (nSPS) is 11.3. The summed E-state index contributed by atoms with van der Waals surface area (Å²) in [4.78, 5) is 10.3. The fourth-order valence-electron chi connectivity index (χ4n) is 0.871. The van der Waals surface area contributed by atoms with E-state index in [4.69, 9.17) is 11.6 Å². The van der Waals surface area contributed by atoms with Gasteiger partial charge in [0.1, 0.15) is 6.29 Å². The van der Waals surface area contributed by atoms with Crippen molar-refractivity contribution in [3.05, 3.63) is 40.4 Å². The fraction of sp³-hybridized carbons (Fsp3) is 0.100. The van der Waals surface area contributed by atoms with Gasteiger partial charge in [-0.25, -0.2) is 0 Å². The van der Waals surface area contributed by atoms with Crippen LogP contribution in [0.4, 0.5) is 0 Å². The van der Waals surface area contributed by atoms with Crippen molar-refractivity contribution in [2.24, 2.45) is 0 Å². The molecule has 0 unspecified atom stereocenters. The number of hydrogen-bond acceptors (Lipinski definition) is 1. The lowest BCUT2D eigenvalue weighted by molar-refractivity contribution is -0.104. The van der Waals surface area contributed by atoms with E-state index in [1.165, 1.54) is 0 Å². The van der Waals surface area contributed by atoms with E-state index in [1.54, 1.807) is 19.1 Å². The topological polar surface area (TPSA) is 17.1 Å². The van der Waals surface area contributed by atoms with Crippen LogP contribution in [0.1, 0.15) is 12.5 Å². The van der Waals surface area contributed by atoms with E-state index in [9.17, 15) is 4.79 Å². The molecule has 0 radical (unpaired) electrons. The second-order valence-electron chi connectivity index (χ2n) is 2.53. The lowest BCUT2D eigenvalue weighted by Crippen LogP contribution is -1.78. The van der Waals surface area contributed by atoms with E-state index >= 15 is 0 Å². The predicted molar refractivity (Wildman–Crippen MR) is 51.2 cm³/mol. The Hall–Kier alpha value is -1.08. The molecule has 0 aliphatic carbocycles. The Labute approximate surface area is 76.7 Å². The first-order valence-corrected chi connectivity index (χ1v) is 4.00. The monoisotopic (exact) mass is 180 g/mol. The van der Waals surface area contributed by atoms with Gasteiger partial charge in [-0.2, -0.15) is 0 Å². The van der Waals surface area contributed by atoms with Crippen LogP contribution in [0.15, 0.2) is 29.8 Å². The molecule has 0 saturated heterocycles. The molecule has 0 amide bonds. The average molecular weight is 181 g/mol. The molecule has 0 spiro atoms. The zero-order chi connectivity index (χ0) is 8.97. The summed E-state index contributed by atoms with van der Waals surface area (Å²) >= 11 is 5.86. The maximum atomic E-state index is 10.3. The molecule has 0 aromatic heterocycles. The number of carbonyl (C=O) groups is 1. The fourth-order valence-corrected chi connectivity index (χ4v) is 1.06. The lowest BCUT2D eigenvalue weighted by Gasteiger charge is -1.96. The summed E-state index contributed by atoms with van der Waals surface area (Å²) in [5.41, 5.74) is 1.55. The molecule has 0 fully saturated rings. The van der Waals surface area contributed by atoms with Crippen LogP contribution in [-0.2, 0) is 4.79 Å². The third kappa shape index (κ3) is 2.21. The third-order valence-electron chi connectivity index (χ3n) is 1.47. The number of carbonyl (C=O) groups excluding carboxylic acids is 1. The van der Waals surface area contributed by atoms with Gasteiger partial charge >= 0.3 is 0 Å². The molecular formula is C10H9ClO. The predicted octanol–water partition coefficient (Wildman–Crippen LogP) is 2.94. The Bertz CT molecular complexity index is 315. The molecule has 1 aromatic carbocycles. The maximum absolute atomic E-state index is 10.3.